The van der Waals surface area contributed by atoms with Crippen molar-refractivity contribution >= 4 is 34.8 Å². The van der Waals surface area contributed by atoms with Crippen molar-refractivity contribution in [1.29, 1.82) is 0 Å². The van der Waals surface area contributed by atoms with Gasteiger partial charge >= 0.3 is 0 Å². The second kappa shape index (κ2) is 10.3. The molecule has 1 N–H and O–H groups in total. The minimum Gasteiger partial charge on any atom is -0.355 e. The molecule has 0 aliphatic heterocycles. The number of amides is 1. The zero-order valence-corrected chi connectivity index (χ0v) is 17.0. The smallest absolute Gasteiger partial charge is 0.226 e. The van der Waals surface area contributed by atoms with Gasteiger partial charge in [0.05, 0.1) is 17.9 Å². The third-order valence-electron chi connectivity index (χ3n) is 4.01. The Labute approximate surface area is 175 Å². The van der Waals surface area contributed by atoms with Crippen molar-refractivity contribution in [1.82, 2.24) is 10.3 Å². The van der Waals surface area contributed by atoms with Crippen molar-refractivity contribution in [3.8, 4) is 0 Å². The summed E-state index contributed by atoms with van der Waals surface area (Å²) >= 11 is 2.67. The molecule has 0 bridgehead atoms. The van der Waals surface area contributed by atoms with E-state index < -0.39 is 0 Å². The van der Waals surface area contributed by atoms with Crippen molar-refractivity contribution in [3.63, 3.8) is 0 Å². The normalized spacial score (nSPS) is 10.7. The topological polar surface area (TPSA) is 59.1 Å². The van der Waals surface area contributed by atoms with Crippen LogP contribution >= 0.6 is 23.1 Å². The molecule has 0 saturated carbocycles. The maximum Gasteiger partial charge on any atom is 0.226 e. The van der Waals surface area contributed by atoms with E-state index in [2.05, 4.69) is 10.3 Å². The first-order valence-corrected chi connectivity index (χ1v) is 10.7. The van der Waals surface area contributed by atoms with Gasteiger partial charge in [-0.15, -0.1) is 11.3 Å². The molecule has 3 aromatic rings. The molecule has 29 heavy (non-hydrogen) atoms. The van der Waals surface area contributed by atoms with Crippen molar-refractivity contribution in [2.45, 2.75) is 17.2 Å². The number of rotatable bonds is 9. The molecule has 0 saturated heterocycles. The summed E-state index contributed by atoms with van der Waals surface area (Å²) in [4.78, 5) is 28.5. The minimum absolute atomic E-state index is 0.106. The first kappa shape index (κ1) is 21.1. The van der Waals surface area contributed by atoms with Gasteiger partial charge in [-0.3, -0.25) is 9.59 Å². The number of aromatic nitrogens is 1. The molecular formula is C21H18F2N2O2S2. The van der Waals surface area contributed by atoms with Crippen LogP contribution in [0.15, 0.2) is 58.3 Å². The highest BCUT2D eigenvalue weighted by Crippen LogP contribution is 2.24. The van der Waals surface area contributed by atoms with E-state index in [4.69, 9.17) is 0 Å². The number of hydrogen-bond donors (Lipinski definition) is 1. The second-order valence-corrected chi connectivity index (χ2v) is 8.31. The van der Waals surface area contributed by atoms with Gasteiger partial charge < -0.3 is 5.32 Å². The Balaban J connectivity index is 1.41. The monoisotopic (exact) mass is 432 g/mol. The Morgan fingerprint density at radius 2 is 1.66 bits per heavy atom. The average Bonchev–Trinajstić information content (AvgIpc) is 3.15. The molecule has 0 fully saturated rings. The van der Waals surface area contributed by atoms with Gasteiger partial charge in [0.2, 0.25) is 5.91 Å². The van der Waals surface area contributed by atoms with Gasteiger partial charge in [-0.05, 0) is 48.4 Å². The summed E-state index contributed by atoms with van der Waals surface area (Å²) in [6.45, 7) is 0.461. The molecule has 1 heterocycles. The van der Waals surface area contributed by atoms with E-state index in [1.54, 1.807) is 17.5 Å². The third kappa shape index (κ3) is 6.76. The van der Waals surface area contributed by atoms with Crippen LogP contribution in [0.5, 0.6) is 0 Å². The van der Waals surface area contributed by atoms with Gasteiger partial charge in [-0.2, -0.15) is 0 Å². The van der Waals surface area contributed by atoms with Gasteiger partial charge in [0.15, 0.2) is 10.1 Å². The van der Waals surface area contributed by atoms with Gasteiger partial charge in [0, 0.05) is 17.5 Å². The van der Waals surface area contributed by atoms with Gasteiger partial charge in [-0.25, -0.2) is 13.8 Å². The molecular weight excluding hydrogens is 414 g/mol. The summed E-state index contributed by atoms with van der Waals surface area (Å²) in [5.74, 6) is -0.715. The average molecular weight is 433 g/mol. The molecule has 3 rings (SSSR count). The van der Waals surface area contributed by atoms with Crippen LogP contribution in [0.25, 0.3) is 0 Å². The van der Waals surface area contributed by atoms with E-state index >= 15 is 0 Å². The number of ketones is 1. The predicted octanol–water partition coefficient (Wildman–Crippen LogP) is 4.30. The first-order chi connectivity index (χ1) is 14.0. The fourth-order valence-corrected chi connectivity index (χ4v) is 4.25. The molecule has 0 spiro atoms. The lowest BCUT2D eigenvalue weighted by Gasteiger charge is -2.04. The number of nitrogens with one attached hydrogen (secondary N) is 1. The number of thiazole rings is 1. The van der Waals surface area contributed by atoms with Crippen molar-refractivity contribution in [2.24, 2.45) is 0 Å². The molecule has 0 unspecified atom stereocenters. The lowest BCUT2D eigenvalue weighted by atomic mass is 10.1. The van der Waals surface area contributed by atoms with Crippen LogP contribution in [0, 0.1) is 11.6 Å². The van der Waals surface area contributed by atoms with Gasteiger partial charge in [-0.1, -0.05) is 23.9 Å². The molecule has 0 atom stereocenters. The summed E-state index contributed by atoms with van der Waals surface area (Å²) in [6, 6.07) is 11.6. The summed E-state index contributed by atoms with van der Waals surface area (Å²) in [6.07, 6.45) is 0.780. The summed E-state index contributed by atoms with van der Waals surface area (Å²) in [7, 11) is 0. The highest BCUT2D eigenvalue weighted by molar-refractivity contribution is 8.01. The van der Waals surface area contributed by atoms with Crippen LogP contribution in [0.4, 0.5) is 8.78 Å². The van der Waals surface area contributed by atoms with Crippen molar-refractivity contribution in [3.05, 3.63) is 82.4 Å². The maximum absolute atomic E-state index is 12.9. The number of nitrogens with zero attached hydrogens (tertiary/aromatic N) is 1. The van der Waals surface area contributed by atoms with E-state index in [-0.39, 0.29) is 35.5 Å². The number of carbonyl (C=O) groups is 2. The number of carbonyl (C=O) groups excluding carboxylic acids is 2. The van der Waals surface area contributed by atoms with E-state index in [0.717, 1.165) is 5.56 Å². The summed E-state index contributed by atoms with van der Waals surface area (Å²) in [5.41, 5.74) is 2.05. The molecule has 1 aromatic heterocycles. The SMILES string of the molecule is O=C(Cc1csc(SCC(=O)c2ccc(F)cc2)n1)NCCc1ccc(F)cc1. The maximum atomic E-state index is 12.9. The fourth-order valence-electron chi connectivity index (χ4n) is 2.51. The van der Waals surface area contributed by atoms with Gasteiger partial charge in [0.1, 0.15) is 11.6 Å². The zero-order chi connectivity index (χ0) is 20.6. The Kier molecular flexibility index (Phi) is 7.48. The molecule has 0 aliphatic rings. The first-order valence-electron chi connectivity index (χ1n) is 8.87. The lowest BCUT2D eigenvalue weighted by molar-refractivity contribution is -0.120. The summed E-state index contributed by atoms with van der Waals surface area (Å²) < 4.78 is 26.5. The number of thioether (sulfide) groups is 1. The highest BCUT2D eigenvalue weighted by Gasteiger charge is 2.11. The Bertz CT molecular complexity index is 973. The van der Waals surface area contributed by atoms with Crippen LogP contribution in [0.3, 0.4) is 0 Å². The standard InChI is InChI=1S/C21H18F2N2O2S2/c22-16-5-1-14(2-6-16)9-10-24-20(27)11-18-12-28-21(25-18)29-13-19(26)15-3-7-17(23)8-4-15/h1-8,12H,9-11,13H2,(H,24,27). The van der Waals surface area contributed by atoms with Crippen LogP contribution in [0.2, 0.25) is 0 Å². The largest absolute Gasteiger partial charge is 0.355 e. The molecule has 4 nitrogen and oxygen atoms in total. The van der Waals surface area contributed by atoms with E-state index in [1.807, 2.05) is 0 Å². The van der Waals surface area contributed by atoms with Crippen molar-refractivity contribution in [2.75, 3.05) is 12.3 Å². The van der Waals surface area contributed by atoms with Crippen LogP contribution < -0.4 is 5.32 Å². The molecule has 150 valence electrons. The Morgan fingerprint density at radius 3 is 2.34 bits per heavy atom. The molecule has 0 aliphatic carbocycles. The van der Waals surface area contributed by atoms with Crippen LogP contribution in [0.1, 0.15) is 21.6 Å². The summed E-state index contributed by atoms with van der Waals surface area (Å²) in [5, 5.41) is 4.62. The Morgan fingerprint density at radius 1 is 1.00 bits per heavy atom. The minimum atomic E-state index is -0.380. The second-order valence-electron chi connectivity index (χ2n) is 6.23. The fraction of sp³-hybridized carbons (Fsp3) is 0.190. The number of hydrogen-bond acceptors (Lipinski definition) is 5. The number of Topliss-reactive ketones (excluding diaryl/α,β-unsaturated/α-hetero) is 1. The van der Waals surface area contributed by atoms with E-state index in [9.17, 15) is 18.4 Å². The van der Waals surface area contributed by atoms with Gasteiger partial charge in [0.25, 0.3) is 0 Å². The van der Waals surface area contributed by atoms with E-state index in [0.29, 0.717) is 28.6 Å². The molecule has 8 heteroatoms. The number of benzene rings is 2. The van der Waals surface area contributed by atoms with E-state index in [1.165, 1.54) is 59.5 Å². The van der Waals surface area contributed by atoms with Crippen LogP contribution in [-0.2, 0) is 17.6 Å². The number of halogens is 2. The zero-order valence-electron chi connectivity index (χ0n) is 15.4. The predicted molar refractivity (Wildman–Crippen MR) is 110 cm³/mol. The quantitative estimate of drug-likeness (QED) is 0.405. The molecule has 0 radical (unpaired) electrons. The van der Waals surface area contributed by atoms with Crippen LogP contribution in [-0.4, -0.2) is 29.0 Å². The lowest BCUT2D eigenvalue weighted by Crippen LogP contribution is -2.27. The molecule has 2 aromatic carbocycles. The Hall–Kier alpha value is -2.58. The molecule has 1 amide bonds. The third-order valence-corrected chi connectivity index (χ3v) is 6.08. The highest BCUT2D eigenvalue weighted by atomic mass is 32.2. The van der Waals surface area contributed by atoms with Crippen molar-refractivity contribution < 1.29 is 18.4 Å².